The summed E-state index contributed by atoms with van der Waals surface area (Å²) in [4.78, 5) is 1.75. The molecule has 4 N–H and O–H groups in total. The Labute approximate surface area is 155 Å². The number of hydrogen-bond donors (Lipinski definition) is 4. The van der Waals surface area contributed by atoms with E-state index in [-0.39, 0.29) is 6.61 Å². The van der Waals surface area contributed by atoms with Gasteiger partial charge in [0.05, 0.1) is 18.1 Å². The molecule has 1 saturated heterocycles. The molecule has 1 aliphatic heterocycles. The smallest absolute Gasteiger partial charge is 0.187 e. The minimum absolute atomic E-state index is 0.153. The molecule has 0 amide bonds. The van der Waals surface area contributed by atoms with Gasteiger partial charge < -0.3 is 29.9 Å². The summed E-state index contributed by atoms with van der Waals surface area (Å²) in [7, 11) is 0. The number of ether oxygens (including phenoxy) is 2. The molecule has 138 valence electrons. The van der Waals surface area contributed by atoms with Crippen LogP contribution in [0.4, 0.5) is 0 Å². The molecule has 6 nitrogen and oxygen atoms in total. The molecule has 0 saturated carbocycles. The van der Waals surface area contributed by atoms with E-state index in [0.29, 0.717) is 0 Å². The highest BCUT2D eigenvalue weighted by atomic mass is 32.1. The fourth-order valence-electron chi connectivity index (χ4n) is 2.55. The van der Waals surface area contributed by atoms with Crippen molar-refractivity contribution in [3.63, 3.8) is 0 Å². The van der Waals surface area contributed by atoms with Crippen molar-refractivity contribution in [1.29, 1.82) is 0 Å². The summed E-state index contributed by atoms with van der Waals surface area (Å²) in [5, 5.41) is 38.6. The minimum atomic E-state index is -1.44. The molecule has 1 aromatic heterocycles. The average molecular weight is 376 g/mol. The topological polar surface area (TPSA) is 99.4 Å². The summed E-state index contributed by atoms with van der Waals surface area (Å²) < 4.78 is 10.8. The Balaban J connectivity index is 1.59. The SMILES string of the molecule is OCC1OC(OCc2ccc(C#Cc3ccccc3)s2)C(O)C(O)C1O. The summed E-state index contributed by atoms with van der Waals surface area (Å²) in [6.45, 7) is -0.330. The monoisotopic (exact) mass is 376 g/mol. The first-order valence-electron chi connectivity index (χ1n) is 8.16. The molecule has 7 heteroatoms. The molecule has 2 aromatic rings. The molecule has 0 aliphatic carbocycles. The Bertz CT molecular complexity index is 763. The first-order chi connectivity index (χ1) is 12.6. The lowest BCUT2D eigenvalue weighted by atomic mass is 9.99. The van der Waals surface area contributed by atoms with E-state index < -0.39 is 37.3 Å². The van der Waals surface area contributed by atoms with Crippen LogP contribution in [-0.2, 0) is 16.1 Å². The summed E-state index contributed by atoms with van der Waals surface area (Å²) in [6.07, 6.45) is -6.34. The van der Waals surface area contributed by atoms with Crippen LogP contribution in [-0.4, -0.2) is 57.7 Å². The van der Waals surface area contributed by atoms with Gasteiger partial charge in [0.15, 0.2) is 6.29 Å². The van der Waals surface area contributed by atoms with E-state index in [0.717, 1.165) is 15.3 Å². The van der Waals surface area contributed by atoms with Gasteiger partial charge >= 0.3 is 0 Å². The Morgan fingerprint density at radius 3 is 2.46 bits per heavy atom. The largest absolute Gasteiger partial charge is 0.394 e. The zero-order chi connectivity index (χ0) is 18.5. The van der Waals surface area contributed by atoms with E-state index in [9.17, 15) is 20.4 Å². The molecule has 0 bridgehead atoms. The molecule has 1 aromatic carbocycles. The predicted octanol–water partition coefficient (Wildman–Crippen LogP) is 0.464. The van der Waals surface area contributed by atoms with E-state index in [2.05, 4.69) is 11.8 Å². The van der Waals surface area contributed by atoms with Gasteiger partial charge in [0, 0.05) is 10.4 Å². The van der Waals surface area contributed by atoms with Gasteiger partial charge in [-0.05, 0) is 24.3 Å². The second-order valence-electron chi connectivity index (χ2n) is 5.89. The van der Waals surface area contributed by atoms with Crippen molar-refractivity contribution >= 4 is 11.3 Å². The lowest BCUT2D eigenvalue weighted by molar-refractivity contribution is -0.303. The quantitative estimate of drug-likeness (QED) is 0.579. The van der Waals surface area contributed by atoms with E-state index in [1.807, 2.05) is 42.5 Å². The first kappa shape index (κ1) is 19.0. The number of thiophene rings is 1. The van der Waals surface area contributed by atoms with Crippen molar-refractivity contribution in [2.24, 2.45) is 0 Å². The molecule has 1 fully saturated rings. The molecular formula is C19H20O6S. The van der Waals surface area contributed by atoms with Gasteiger partial charge in [0.2, 0.25) is 0 Å². The third-order valence-electron chi connectivity index (χ3n) is 4.00. The second kappa shape index (κ2) is 8.75. The minimum Gasteiger partial charge on any atom is -0.394 e. The molecule has 26 heavy (non-hydrogen) atoms. The van der Waals surface area contributed by atoms with E-state index >= 15 is 0 Å². The van der Waals surface area contributed by atoms with Crippen LogP contribution in [0.2, 0.25) is 0 Å². The van der Waals surface area contributed by atoms with Crippen molar-refractivity contribution in [2.75, 3.05) is 6.61 Å². The zero-order valence-electron chi connectivity index (χ0n) is 13.9. The van der Waals surface area contributed by atoms with Gasteiger partial charge in [-0.3, -0.25) is 0 Å². The van der Waals surface area contributed by atoms with E-state index in [1.165, 1.54) is 11.3 Å². The van der Waals surface area contributed by atoms with Crippen LogP contribution < -0.4 is 0 Å². The van der Waals surface area contributed by atoms with E-state index in [4.69, 9.17) is 9.47 Å². The van der Waals surface area contributed by atoms with Crippen LogP contribution in [0.3, 0.4) is 0 Å². The standard InChI is InChI=1S/C19H20O6S/c20-10-15-16(21)17(22)18(23)19(25-15)24-11-14-9-8-13(26-14)7-6-12-4-2-1-3-5-12/h1-5,8-9,15-23H,10-11H2. The summed E-state index contributed by atoms with van der Waals surface area (Å²) in [5.41, 5.74) is 0.931. The number of aliphatic hydroxyl groups is 4. The number of rotatable bonds is 4. The highest BCUT2D eigenvalue weighted by Crippen LogP contribution is 2.24. The van der Waals surface area contributed by atoms with Crippen molar-refractivity contribution in [1.82, 2.24) is 0 Å². The Morgan fingerprint density at radius 2 is 1.73 bits per heavy atom. The number of aliphatic hydroxyl groups excluding tert-OH is 4. The summed E-state index contributed by atoms with van der Waals surface area (Å²) in [5.74, 6) is 6.16. The molecule has 5 unspecified atom stereocenters. The van der Waals surface area contributed by atoms with Crippen molar-refractivity contribution in [3.8, 4) is 11.8 Å². The number of hydrogen-bond acceptors (Lipinski definition) is 7. The summed E-state index contributed by atoms with van der Waals surface area (Å²) >= 11 is 1.45. The normalized spacial score (nSPS) is 28.4. The van der Waals surface area contributed by atoms with Gasteiger partial charge in [-0.1, -0.05) is 30.0 Å². The molecule has 0 spiro atoms. The van der Waals surface area contributed by atoms with Gasteiger partial charge in [-0.15, -0.1) is 11.3 Å². The lowest BCUT2D eigenvalue weighted by Crippen LogP contribution is -2.59. The second-order valence-corrected chi connectivity index (χ2v) is 7.06. The molecular weight excluding hydrogens is 356 g/mol. The Morgan fingerprint density at radius 1 is 0.962 bits per heavy atom. The first-order valence-corrected chi connectivity index (χ1v) is 8.98. The van der Waals surface area contributed by atoms with Gasteiger partial charge in [0.25, 0.3) is 0 Å². The van der Waals surface area contributed by atoms with Crippen LogP contribution in [0, 0.1) is 11.8 Å². The van der Waals surface area contributed by atoms with Crippen molar-refractivity contribution < 1.29 is 29.9 Å². The number of benzene rings is 1. The predicted molar refractivity (Wildman–Crippen MR) is 95.3 cm³/mol. The highest BCUT2D eigenvalue weighted by Gasteiger charge is 2.43. The van der Waals surface area contributed by atoms with Gasteiger partial charge in [-0.25, -0.2) is 0 Å². The zero-order valence-corrected chi connectivity index (χ0v) is 14.7. The molecule has 3 rings (SSSR count). The van der Waals surface area contributed by atoms with Crippen LogP contribution in [0.25, 0.3) is 0 Å². The fourth-order valence-corrected chi connectivity index (χ4v) is 3.33. The van der Waals surface area contributed by atoms with Gasteiger partial charge in [-0.2, -0.15) is 0 Å². The maximum Gasteiger partial charge on any atom is 0.187 e. The van der Waals surface area contributed by atoms with Crippen molar-refractivity contribution in [3.05, 3.63) is 57.8 Å². The highest BCUT2D eigenvalue weighted by molar-refractivity contribution is 7.12. The molecule has 1 aliphatic rings. The molecule has 2 heterocycles. The third kappa shape index (κ3) is 4.50. The fraction of sp³-hybridized carbons (Fsp3) is 0.368. The maximum absolute atomic E-state index is 9.95. The van der Waals surface area contributed by atoms with Crippen molar-refractivity contribution in [2.45, 2.75) is 37.3 Å². The van der Waals surface area contributed by atoms with Crippen LogP contribution in [0.1, 0.15) is 15.3 Å². The van der Waals surface area contributed by atoms with Gasteiger partial charge in [0.1, 0.15) is 24.4 Å². The maximum atomic E-state index is 9.95. The molecule has 0 radical (unpaired) electrons. The lowest BCUT2D eigenvalue weighted by Gasteiger charge is -2.39. The van der Waals surface area contributed by atoms with Crippen LogP contribution >= 0.6 is 11.3 Å². The summed E-state index contributed by atoms with van der Waals surface area (Å²) in [6, 6.07) is 13.4. The van der Waals surface area contributed by atoms with Crippen LogP contribution in [0.5, 0.6) is 0 Å². The van der Waals surface area contributed by atoms with E-state index in [1.54, 1.807) is 0 Å². The third-order valence-corrected chi connectivity index (χ3v) is 4.98. The average Bonchev–Trinajstić information content (AvgIpc) is 3.13. The Kier molecular flexibility index (Phi) is 6.40. The molecule has 5 atom stereocenters. The van der Waals surface area contributed by atoms with Crippen LogP contribution in [0.15, 0.2) is 42.5 Å². The Hall–Kier alpha value is -1.76.